The number of pyridine rings is 1. The van der Waals surface area contributed by atoms with E-state index in [4.69, 9.17) is 0 Å². The lowest BCUT2D eigenvalue weighted by molar-refractivity contribution is -0.792. The second-order valence-corrected chi connectivity index (χ2v) is 4.12. The van der Waals surface area contributed by atoms with Crippen LogP contribution in [0.5, 0.6) is 0 Å². The van der Waals surface area contributed by atoms with Crippen molar-refractivity contribution >= 4 is 11.5 Å². The number of rotatable bonds is 2. The zero-order valence-corrected chi connectivity index (χ0v) is 10.9. The molecule has 18 heavy (non-hydrogen) atoms. The van der Waals surface area contributed by atoms with E-state index in [1.54, 1.807) is 0 Å². The van der Waals surface area contributed by atoms with Gasteiger partial charge in [0.15, 0.2) is 0 Å². The second-order valence-electron chi connectivity index (χ2n) is 4.12. The summed E-state index contributed by atoms with van der Waals surface area (Å²) in [5.41, 5.74) is 3.58. The van der Waals surface area contributed by atoms with E-state index in [0.717, 1.165) is 18.1 Å². The van der Waals surface area contributed by atoms with Crippen LogP contribution >= 0.6 is 0 Å². The molecule has 0 radical (unpaired) electrons. The summed E-state index contributed by atoms with van der Waals surface area (Å²) in [5.74, 6) is 1.09. The predicted molar refractivity (Wildman–Crippen MR) is 68.8 cm³/mol. The summed E-state index contributed by atoms with van der Waals surface area (Å²) < 4.78 is 0. The monoisotopic (exact) mass is 260 g/mol. The van der Waals surface area contributed by atoms with E-state index in [9.17, 15) is 0 Å². The Morgan fingerprint density at radius 3 is 2.72 bits per heavy atom. The quantitative estimate of drug-likeness (QED) is 0.667. The van der Waals surface area contributed by atoms with Crippen LogP contribution in [0.2, 0.25) is 0 Å². The van der Waals surface area contributed by atoms with E-state index < -0.39 is 0 Å². The van der Waals surface area contributed by atoms with Crippen molar-refractivity contribution in [3.05, 3.63) is 49.3 Å². The zero-order valence-electron chi connectivity index (χ0n) is 10.2. The molecule has 3 rings (SSSR count). The summed E-state index contributed by atoms with van der Waals surface area (Å²) in [4.78, 5) is 5.74. The molecule has 2 heterocycles. The van der Waals surface area contributed by atoms with Gasteiger partial charge in [0.2, 0.25) is 5.82 Å². The molecule has 0 saturated heterocycles. The maximum absolute atomic E-state index is 4.47. The smallest absolute Gasteiger partial charge is 0.222 e. The number of nitrogens with one attached hydrogen (secondary N) is 2. The number of fused-ring (bicyclic) bond motifs is 1. The minimum absolute atomic E-state index is 0. The van der Waals surface area contributed by atoms with Crippen molar-refractivity contribution in [2.75, 3.05) is 11.9 Å². The first-order valence-electron chi connectivity index (χ1n) is 5.90. The van der Waals surface area contributed by atoms with E-state index in [0.29, 0.717) is 0 Å². The van der Waals surface area contributed by atoms with Crippen LogP contribution < -0.4 is 22.6 Å². The summed E-state index contributed by atoms with van der Waals surface area (Å²) in [5, 5.41) is 3.34. The molecule has 0 saturated carbocycles. The third-order valence-electron chi connectivity index (χ3n) is 3.11. The highest BCUT2D eigenvalue weighted by Crippen LogP contribution is 2.32. The van der Waals surface area contributed by atoms with Gasteiger partial charge in [0.25, 0.3) is 0 Å². The Kier molecular flexibility index (Phi) is 3.84. The van der Waals surface area contributed by atoms with E-state index >= 15 is 0 Å². The van der Waals surface area contributed by atoms with Crippen molar-refractivity contribution in [2.24, 2.45) is 0 Å². The Labute approximate surface area is 113 Å². The standard InChI is InChI=1S/C14H15N3.ClH/c1-2-17-10-16-13-12(8-9-15-14(13)17)11-6-4-3-5-7-11;/h3-10,16-17H,2H2,1H3;1H/p-1. The average molecular weight is 261 g/mol. The topological polar surface area (TPSA) is 29.4 Å². The van der Waals surface area contributed by atoms with Crippen molar-refractivity contribution in [2.45, 2.75) is 6.92 Å². The first-order chi connectivity index (χ1) is 8.40. The fraction of sp³-hybridized carbons (Fsp3) is 0.143. The van der Waals surface area contributed by atoms with Gasteiger partial charge in [0.05, 0.1) is 12.2 Å². The van der Waals surface area contributed by atoms with Gasteiger partial charge in [-0.05, 0) is 25.2 Å². The van der Waals surface area contributed by atoms with Gasteiger partial charge in [0, 0.05) is 11.8 Å². The van der Waals surface area contributed by atoms with Gasteiger partial charge in [-0.1, -0.05) is 30.3 Å². The lowest BCUT2D eigenvalue weighted by atomic mass is 10.1. The minimum atomic E-state index is 0. The number of aromatic nitrogens is 1. The summed E-state index contributed by atoms with van der Waals surface area (Å²) in [6, 6.07) is 12.5. The fourth-order valence-corrected chi connectivity index (χ4v) is 2.21. The van der Waals surface area contributed by atoms with Gasteiger partial charge in [-0.3, -0.25) is 0 Å². The molecule has 1 aromatic carbocycles. The molecule has 0 amide bonds. The summed E-state index contributed by atoms with van der Waals surface area (Å²) in [6.45, 7) is 5.22. The first-order valence-corrected chi connectivity index (χ1v) is 5.90. The number of nitrogens with zero attached hydrogens (tertiary/aromatic N) is 1. The third kappa shape index (κ3) is 2.07. The molecule has 1 aromatic heterocycles. The van der Waals surface area contributed by atoms with Crippen molar-refractivity contribution in [3.63, 3.8) is 0 Å². The minimum Gasteiger partial charge on any atom is -1.00 e. The number of halogens is 1. The van der Waals surface area contributed by atoms with Gasteiger partial charge in [-0.2, -0.15) is 0 Å². The second kappa shape index (κ2) is 5.38. The Hall–Kier alpha value is -1.58. The van der Waals surface area contributed by atoms with E-state index in [1.807, 2.05) is 12.3 Å². The molecule has 0 aliphatic carbocycles. The number of benzene rings is 1. The highest BCUT2D eigenvalue weighted by Gasteiger charge is 2.20. The van der Waals surface area contributed by atoms with E-state index in [-0.39, 0.29) is 12.4 Å². The molecular weight excluding hydrogens is 246 g/mol. The summed E-state index contributed by atoms with van der Waals surface area (Å²) in [6.07, 6.45) is 1.89. The SMILES string of the molecule is CC[NH+]1[CH-]Nc2c(-c3ccccc3)ccnc21.[Cl-]. The molecule has 0 fully saturated rings. The average Bonchev–Trinajstić information content (AvgIpc) is 2.82. The van der Waals surface area contributed by atoms with Crippen molar-refractivity contribution < 1.29 is 17.3 Å². The predicted octanol–water partition coefficient (Wildman–Crippen LogP) is -1.17. The Morgan fingerprint density at radius 2 is 2.00 bits per heavy atom. The van der Waals surface area contributed by atoms with Crippen LogP contribution in [0, 0.1) is 6.67 Å². The fourth-order valence-electron chi connectivity index (χ4n) is 2.21. The lowest BCUT2D eigenvalue weighted by Gasteiger charge is -2.15. The Balaban J connectivity index is 0.00000120. The lowest BCUT2D eigenvalue weighted by Crippen LogP contribution is -3.03. The molecule has 2 aromatic rings. The van der Waals surface area contributed by atoms with Crippen molar-refractivity contribution in [1.82, 2.24) is 4.98 Å². The Morgan fingerprint density at radius 1 is 1.22 bits per heavy atom. The molecule has 3 nitrogen and oxygen atoms in total. The number of anilines is 1. The highest BCUT2D eigenvalue weighted by atomic mass is 35.5. The Bertz CT molecular complexity index is 528. The van der Waals surface area contributed by atoms with Gasteiger partial charge in [-0.15, -0.1) is 0 Å². The van der Waals surface area contributed by atoms with Gasteiger partial charge >= 0.3 is 0 Å². The van der Waals surface area contributed by atoms with Crippen LogP contribution in [0.3, 0.4) is 0 Å². The van der Waals surface area contributed by atoms with Gasteiger partial charge in [-0.25, -0.2) is 4.98 Å². The van der Waals surface area contributed by atoms with Crippen LogP contribution in [-0.4, -0.2) is 11.5 Å². The third-order valence-corrected chi connectivity index (χ3v) is 3.11. The largest absolute Gasteiger partial charge is 1.00 e. The molecule has 2 N–H and O–H groups in total. The number of quaternary nitrogens is 1. The molecule has 4 heteroatoms. The molecule has 1 aliphatic rings. The van der Waals surface area contributed by atoms with Crippen LogP contribution in [-0.2, 0) is 0 Å². The molecule has 1 unspecified atom stereocenters. The van der Waals surface area contributed by atoms with Crippen LogP contribution in [0.25, 0.3) is 11.1 Å². The maximum atomic E-state index is 4.47. The van der Waals surface area contributed by atoms with Crippen molar-refractivity contribution in [1.29, 1.82) is 0 Å². The molecular formula is C14H15ClN3-. The molecule has 0 spiro atoms. The highest BCUT2D eigenvalue weighted by molar-refractivity contribution is 5.83. The molecule has 1 aliphatic heterocycles. The maximum Gasteiger partial charge on any atom is 0.222 e. The summed E-state index contributed by atoms with van der Waals surface area (Å²) in [7, 11) is 0. The van der Waals surface area contributed by atoms with Crippen LogP contribution in [0.1, 0.15) is 6.92 Å². The molecule has 0 bridgehead atoms. The molecule has 94 valence electrons. The van der Waals surface area contributed by atoms with Crippen LogP contribution in [0.15, 0.2) is 42.6 Å². The molecule has 1 atom stereocenters. The summed E-state index contributed by atoms with van der Waals surface area (Å²) >= 11 is 0. The van der Waals surface area contributed by atoms with Gasteiger partial charge in [0.1, 0.15) is 0 Å². The zero-order chi connectivity index (χ0) is 11.7. The number of hydrogen-bond acceptors (Lipinski definition) is 2. The van der Waals surface area contributed by atoms with E-state index in [2.05, 4.69) is 54.2 Å². The van der Waals surface area contributed by atoms with Crippen molar-refractivity contribution in [3.8, 4) is 11.1 Å². The van der Waals surface area contributed by atoms with Crippen LogP contribution in [0.4, 0.5) is 11.5 Å². The van der Waals surface area contributed by atoms with E-state index in [1.165, 1.54) is 16.0 Å². The first kappa shape index (κ1) is 12.9. The number of hydrogen-bond donors (Lipinski definition) is 2. The van der Waals surface area contributed by atoms with Gasteiger partial charge < -0.3 is 22.6 Å². The normalized spacial score (nSPS) is 16.6.